The number of aryl methyl sites for hydroxylation is 1. The van der Waals surface area contributed by atoms with E-state index in [9.17, 15) is 14.0 Å². The highest BCUT2D eigenvalue weighted by Gasteiger charge is 2.12. The van der Waals surface area contributed by atoms with Crippen molar-refractivity contribution in [3.63, 3.8) is 0 Å². The van der Waals surface area contributed by atoms with Gasteiger partial charge in [-0.15, -0.1) is 11.3 Å². The number of halogens is 1. The van der Waals surface area contributed by atoms with Gasteiger partial charge in [-0.1, -0.05) is 0 Å². The van der Waals surface area contributed by atoms with Gasteiger partial charge < -0.3 is 5.32 Å². The summed E-state index contributed by atoms with van der Waals surface area (Å²) in [5.74, 6) is -2.19. The summed E-state index contributed by atoms with van der Waals surface area (Å²) in [4.78, 5) is 24.0. The Morgan fingerprint density at radius 1 is 1.19 bits per heavy atom. The van der Waals surface area contributed by atoms with Crippen molar-refractivity contribution in [2.75, 3.05) is 5.32 Å². The number of carbonyl (C=O) groups excluding carboxylic acids is 2. The highest BCUT2D eigenvalue weighted by atomic mass is 32.1. The molecule has 0 unspecified atom stereocenters. The zero-order valence-electron chi connectivity index (χ0n) is 11.1. The molecule has 1 aromatic heterocycles. The number of hydrazone groups is 1. The van der Waals surface area contributed by atoms with Crippen molar-refractivity contribution < 1.29 is 14.0 Å². The fourth-order valence-corrected chi connectivity index (χ4v) is 2.22. The fraction of sp³-hybridized carbons (Fsp3) is 0.0714. The van der Waals surface area contributed by atoms with Crippen molar-refractivity contribution in [3.05, 3.63) is 52.0 Å². The van der Waals surface area contributed by atoms with Crippen LogP contribution in [0.4, 0.5) is 10.1 Å². The summed E-state index contributed by atoms with van der Waals surface area (Å²) in [6, 6.07) is 7.02. The summed E-state index contributed by atoms with van der Waals surface area (Å²) >= 11 is 1.48. The number of nitrogens with zero attached hydrogens (tertiary/aromatic N) is 1. The minimum Gasteiger partial charge on any atom is -0.318 e. The maximum absolute atomic E-state index is 12.7. The fourth-order valence-electron chi connectivity index (χ4n) is 1.44. The first-order valence-electron chi connectivity index (χ1n) is 6.00. The number of carbonyl (C=O) groups is 2. The normalized spacial score (nSPS) is 10.6. The summed E-state index contributed by atoms with van der Waals surface area (Å²) in [5.41, 5.74) is 3.49. The third-order valence-corrected chi connectivity index (χ3v) is 3.51. The molecule has 0 aliphatic rings. The van der Waals surface area contributed by atoms with Gasteiger partial charge in [-0.05, 0) is 48.2 Å². The molecular formula is C14H12FN3O2S. The smallest absolute Gasteiger partial charge is 0.318 e. The van der Waals surface area contributed by atoms with E-state index < -0.39 is 17.6 Å². The van der Waals surface area contributed by atoms with Gasteiger partial charge in [0.05, 0.1) is 6.21 Å². The van der Waals surface area contributed by atoms with Crippen LogP contribution >= 0.6 is 11.3 Å². The third-order valence-electron chi connectivity index (χ3n) is 2.56. The van der Waals surface area contributed by atoms with E-state index in [1.54, 1.807) is 0 Å². The second kappa shape index (κ2) is 6.76. The van der Waals surface area contributed by atoms with Crippen molar-refractivity contribution in [1.29, 1.82) is 0 Å². The van der Waals surface area contributed by atoms with Crippen LogP contribution in [0.15, 0.2) is 40.8 Å². The molecule has 0 spiro atoms. The summed E-state index contributed by atoms with van der Waals surface area (Å²) in [7, 11) is 0. The summed E-state index contributed by atoms with van der Waals surface area (Å²) in [6.07, 6.45) is 1.48. The zero-order chi connectivity index (χ0) is 15.2. The number of nitrogens with one attached hydrogen (secondary N) is 2. The molecule has 0 radical (unpaired) electrons. The highest BCUT2D eigenvalue weighted by molar-refractivity contribution is 7.11. The molecule has 1 aromatic carbocycles. The number of hydrogen-bond donors (Lipinski definition) is 2. The van der Waals surface area contributed by atoms with Crippen LogP contribution in [0.25, 0.3) is 0 Å². The van der Waals surface area contributed by atoms with E-state index in [2.05, 4.69) is 15.8 Å². The average molecular weight is 305 g/mol. The van der Waals surface area contributed by atoms with Crippen LogP contribution in [0, 0.1) is 12.7 Å². The second-order valence-corrected chi connectivity index (χ2v) is 5.08. The predicted octanol–water partition coefficient (Wildman–Crippen LogP) is 2.28. The van der Waals surface area contributed by atoms with Crippen LogP contribution in [-0.4, -0.2) is 18.0 Å². The van der Waals surface area contributed by atoms with Gasteiger partial charge >= 0.3 is 11.8 Å². The molecule has 0 bridgehead atoms. The molecule has 5 nitrogen and oxygen atoms in total. The molecule has 21 heavy (non-hydrogen) atoms. The molecule has 1 heterocycles. The van der Waals surface area contributed by atoms with Crippen LogP contribution in [0.3, 0.4) is 0 Å². The minimum absolute atomic E-state index is 0.328. The van der Waals surface area contributed by atoms with Crippen LogP contribution in [0.5, 0.6) is 0 Å². The lowest BCUT2D eigenvalue weighted by Gasteiger charge is -2.03. The topological polar surface area (TPSA) is 70.6 Å². The van der Waals surface area contributed by atoms with Crippen LogP contribution in [-0.2, 0) is 9.59 Å². The van der Waals surface area contributed by atoms with E-state index in [4.69, 9.17) is 0 Å². The minimum atomic E-state index is -0.898. The predicted molar refractivity (Wildman–Crippen MR) is 79.8 cm³/mol. The molecule has 0 aliphatic heterocycles. The number of hydrogen-bond acceptors (Lipinski definition) is 4. The molecule has 2 aromatic rings. The van der Waals surface area contributed by atoms with Gasteiger partial charge in [0, 0.05) is 10.6 Å². The SMILES string of the molecule is Cc1ccsc1/C=N\NC(=O)C(=O)Nc1ccc(F)cc1. The number of anilines is 1. The largest absolute Gasteiger partial charge is 0.329 e. The molecule has 7 heteroatoms. The number of thiophene rings is 1. The van der Waals surface area contributed by atoms with E-state index in [1.165, 1.54) is 41.8 Å². The molecule has 2 N–H and O–H groups in total. The summed E-state index contributed by atoms with van der Waals surface area (Å²) in [5, 5.41) is 7.95. The molecule has 0 fully saturated rings. The Kier molecular flexibility index (Phi) is 4.78. The van der Waals surface area contributed by atoms with Crippen LogP contribution in [0.1, 0.15) is 10.4 Å². The van der Waals surface area contributed by atoms with Crippen LogP contribution in [0.2, 0.25) is 0 Å². The Morgan fingerprint density at radius 2 is 1.90 bits per heavy atom. The standard InChI is InChI=1S/C14H12FN3O2S/c1-9-6-7-21-12(9)8-16-18-14(20)13(19)17-11-4-2-10(15)3-5-11/h2-8H,1H3,(H,17,19)(H,18,20)/b16-8-. The molecule has 0 atom stereocenters. The van der Waals surface area contributed by atoms with Gasteiger partial charge in [-0.3, -0.25) is 9.59 Å². The lowest BCUT2D eigenvalue weighted by molar-refractivity contribution is -0.136. The summed E-state index contributed by atoms with van der Waals surface area (Å²) < 4.78 is 12.7. The highest BCUT2D eigenvalue weighted by Crippen LogP contribution is 2.12. The first-order valence-corrected chi connectivity index (χ1v) is 6.88. The maximum atomic E-state index is 12.7. The first kappa shape index (κ1) is 14.9. The van der Waals surface area contributed by atoms with Gasteiger partial charge in [-0.25, -0.2) is 9.82 Å². The molecule has 2 amide bonds. The van der Waals surface area contributed by atoms with Gasteiger partial charge in [-0.2, -0.15) is 5.10 Å². The monoisotopic (exact) mass is 305 g/mol. The van der Waals surface area contributed by atoms with Gasteiger partial charge in [0.1, 0.15) is 5.82 Å². The average Bonchev–Trinajstić information content (AvgIpc) is 2.87. The van der Waals surface area contributed by atoms with Crippen molar-refractivity contribution in [3.8, 4) is 0 Å². The number of rotatable bonds is 3. The molecular weight excluding hydrogens is 293 g/mol. The van der Waals surface area contributed by atoms with Crippen molar-refractivity contribution in [2.24, 2.45) is 5.10 Å². The number of amides is 2. The Morgan fingerprint density at radius 3 is 2.52 bits per heavy atom. The zero-order valence-corrected chi connectivity index (χ0v) is 11.9. The first-order chi connectivity index (χ1) is 10.1. The second-order valence-electron chi connectivity index (χ2n) is 4.13. The van der Waals surface area contributed by atoms with E-state index in [0.717, 1.165) is 10.4 Å². The number of benzene rings is 1. The van der Waals surface area contributed by atoms with Gasteiger partial charge in [0.25, 0.3) is 0 Å². The van der Waals surface area contributed by atoms with Crippen molar-refractivity contribution in [1.82, 2.24) is 5.43 Å². The van der Waals surface area contributed by atoms with Gasteiger partial charge in [0.2, 0.25) is 0 Å². The Balaban J connectivity index is 1.88. The Hall–Kier alpha value is -2.54. The lowest BCUT2D eigenvalue weighted by atomic mass is 10.3. The van der Waals surface area contributed by atoms with E-state index in [0.29, 0.717) is 5.69 Å². The molecule has 2 rings (SSSR count). The molecule has 0 aliphatic carbocycles. The molecule has 108 valence electrons. The van der Waals surface area contributed by atoms with Crippen LogP contribution < -0.4 is 10.7 Å². The van der Waals surface area contributed by atoms with Crippen molar-refractivity contribution >= 4 is 35.1 Å². The Labute approximate surface area is 124 Å². The molecule has 0 saturated heterocycles. The third kappa shape index (κ3) is 4.22. The Bertz CT molecular complexity index is 680. The molecule has 0 saturated carbocycles. The summed E-state index contributed by atoms with van der Waals surface area (Å²) in [6.45, 7) is 1.92. The van der Waals surface area contributed by atoms with E-state index in [1.807, 2.05) is 18.4 Å². The van der Waals surface area contributed by atoms with Gasteiger partial charge in [0.15, 0.2) is 0 Å². The van der Waals surface area contributed by atoms with E-state index in [-0.39, 0.29) is 0 Å². The quantitative estimate of drug-likeness (QED) is 0.519. The lowest BCUT2D eigenvalue weighted by Crippen LogP contribution is -2.32. The van der Waals surface area contributed by atoms with E-state index >= 15 is 0 Å². The van der Waals surface area contributed by atoms with Crippen molar-refractivity contribution in [2.45, 2.75) is 6.92 Å². The maximum Gasteiger partial charge on any atom is 0.329 e.